The summed E-state index contributed by atoms with van der Waals surface area (Å²) in [6.07, 6.45) is -1.79. The maximum absolute atomic E-state index is 10.6. The summed E-state index contributed by atoms with van der Waals surface area (Å²) in [7, 11) is 0. The van der Waals surface area contributed by atoms with Gasteiger partial charge < -0.3 is 5.11 Å². The third-order valence-electron chi connectivity index (χ3n) is 2.32. The number of hydrogen-bond donors (Lipinski definition) is 1. The summed E-state index contributed by atoms with van der Waals surface area (Å²) in [5.74, 6) is 0. The average molecular weight is 219 g/mol. The molecular formula is C12H11NO3. The van der Waals surface area contributed by atoms with E-state index in [0.29, 0.717) is 0 Å². The first-order valence-electron chi connectivity index (χ1n) is 5.74. The zero-order chi connectivity index (χ0) is 13.3. The lowest BCUT2D eigenvalue weighted by Crippen LogP contribution is -2.11. The van der Waals surface area contributed by atoms with Crippen molar-refractivity contribution in [1.29, 1.82) is 0 Å². The largest absolute Gasteiger partial charge is 0.382 e. The molecule has 0 aliphatic carbocycles. The molecule has 2 rings (SSSR count). The summed E-state index contributed by atoms with van der Waals surface area (Å²) in [5, 5.41) is 22.1. The molecule has 0 heterocycles. The first-order chi connectivity index (χ1) is 8.43. The minimum Gasteiger partial charge on any atom is -0.382 e. The molecule has 2 aromatic rings. The number of aliphatic hydroxyl groups is 1. The van der Waals surface area contributed by atoms with Crippen LogP contribution in [-0.2, 0) is 0 Å². The lowest BCUT2D eigenvalue weighted by molar-refractivity contribution is -0.491. The van der Waals surface area contributed by atoms with E-state index in [9.17, 15) is 15.2 Å². The standard InChI is InChI=1S/C12H11NO3/c14-12(8-13(15)16)11-6-5-9-3-1-2-4-10(9)7-11/h1-7,12,14H,8H2/i8D2. The quantitative estimate of drug-likeness (QED) is 0.635. The molecule has 82 valence electrons. The van der Waals surface area contributed by atoms with Gasteiger partial charge in [0, 0.05) is 4.92 Å². The molecule has 0 aliphatic heterocycles. The summed E-state index contributed by atoms with van der Waals surface area (Å²) in [6.45, 7) is -2.90. The van der Waals surface area contributed by atoms with Gasteiger partial charge in [-0.3, -0.25) is 10.1 Å². The molecule has 0 fully saturated rings. The Morgan fingerprint density at radius 1 is 1.31 bits per heavy atom. The normalized spacial score (nSPS) is 15.3. The van der Waals surface area contributed by atoms with Crippen LogP contribution in [0.5, 0.6) is 0 Å². The fraction of sp³-hybridized carbons (Fsp3) is 0.167. The van der Waals surface area contributed by atoms with Crippen molar-refractivity contribution >= 4 is 10.8 Å². The molecule has 0 saturated carbocycles. The topological polar surface area (TPSA) is 63.4 Å². The number of hydrogen-bond acceptors (Lipinski definition) is 3. The molecule has 16 heavy (non-hydrogen) atoms. The van der Waals surface area contributed by atoms with E-state index in [1.165, 1.54) is 6.07 Å². The number of aliphatic hydroxyl groups excluding tert-OH is 1. The number of nitro groups is 1. The second-order valence-electron chi connectivity index (χ2n) is 3.40. The Labute approximate surface area is 95.1 Å². The third-order valence-corrected chi connectivity index (χ3v) is 2.32. The lowest BCUT2D eigenvalue weighted by atomic mass is 10.0. The van der Waals surface area contributed by atoms with Crippen molar-refractivity contribution in [3.63, 3.8) is 0 Å². The molecule has 2 aromatic carbocycles. The molecule has 0 saturated heterocycles. The van der Waals surface area contributed by atoms with Gasteiger partial charge >= 0.3 is 0 Å². The van der Waals surface area contributed by atoms with Crippen LogP contribution in [0.15, 0.2) is 42.5 Å². The van der Waals surface area contributed by atoms with E-state index in [4.69, 9.17) is 2.74 Å². The van der Waals surface area contributed by atoms with Gasteiger partial charge in [0.2, 0.25) is 6.50 Å². The summed E-state index contributed by atoms with van der Waals surface area (Å²) < 4.78 is 14.5. The van der Waals surface area contributed by atoms with E-state index in [1.807, 2.05) is 12.1 Å². The number of benzene rings is 2. The number of rotatable bonds is 3. The molecule has 4 nitrogen and oxygen atoms in total. The molecule has 0 spiro atoms. The number of nitrogens with zero attached hydrogens (tertiary/aromatic N) is 1. The summed E-state index contributed by atoms with van der Waals surface area (Å²) >= 11 is 0. The highest BCUT2D eigenvalue weighted by molar-refractivity contribution is 5.83. The van der Waals surface area contributed by atoms with E-state index in [0.717, 1.165) is 10.8 Å². The highest BCUT2D eigenvalue weighted by atomic mass is 16.6. The van der Waals surface area contributed by atoms with E-state index in [-0.39, 0.29) is 5.56 Å². The molecular weight excluding hydrogens is 206 g/mol. The maximum atomic E-state index is 10.6. The van der Waals surface area contributed by atoms with Gasteiger partial charge in [0.25, 0.3) is 0 Å². The summed E-state index contributed by atoms with van der Waals surface area (Å²) in [6, 6.07) is 12.1. The Balaban J connectivity index is 2.45. The highest BCUT2D eigenvalue weighted by Crippen LogP contribution is 2.20. The van der Waals surface area contributed by atoms with E-state index >= 15 is 0 Å². The fourth-order valence-electron chi connectivity index (χ4n) is 1.55. The summed E-state index contributed by atoms with van der Waals surface area (Å²) in [4.78, 5) is 9.45. The van der Waals surface area contributed by atoms with Gasteiger partial charge in [-0.1, -0.05) is 36.4 Å². The van der Waals surface area contributed by atoms with Gasteiger partial charge in [-0.05, 0) is 22.4 Å². The smallest absolute Gasteiger partial charge is 0.233 e. The molecule has 0 bridgehead atoms. The fourth-order valence-corrected chi connectivity index (χ4v) is 1.55. The van der Waals surface area contributed by atoms with E-state index in [1.54, 1.807) is 24.3 Å². The van der Waals surface area contributed by atoms with Crippen LogP contribution >= 0.6 is 0 Å². The highest BCUT2D eigenvalue weighted by Gasteiger charge is 2.13. The Hall–Kier alpha value is -1.94. The Morgan fingerprint density at radius 3 is 2.69 bits per heavy atom. The van der Waals surface area contributed by atoms with Gasteiger partial charge in [0.15, 0.2) is 0 Å². The monoisotopic (exact) mass is 219 g/mol. The van der Waals surface area contributed by atoms with Crippen molar-refractivity contribution < 1.29 is 12.8 Å². The second-order valence-corrected chi connectivity index (χ2v) is 3.40. The van der Waals surface area contributed by atoms with Crippen LogP contribution in [-0.4, -0.2) is 16.5 Å². The molecule has 1 atom stereocenters. The van der Waals surface area contributed by atoms with E-state index in [2.05, 4.69) is 0 Å². The zero-order valence-electron chi connectivity index (χ0n) is 10.3. The van der Waals surface area contributed by atoms with Gasteiger partial charge in [-0.25, -0.2) is 0 Å². The first kappa shape index (κ1) is 8.24. The van der Waals surface area contributed by atoms with E-state index < -0.39 is 17.5 Å². The second kappa shape index (κ2) is 4.28. The third kappa shape index (κ3) is 2.17. The minimum atomic E-state index is -2.90. The van der Waals surface area contributed by atoms with Gasteiger partial charge in [-0.15, -0.1) is 0 Å². The minimum absolute atomic E-state index is 0.190. The zero-order valence-corrected chi connectivity index (χ0v) is 8.33. The predicted octanol–water partition coefficient (Wildman–Crippen LogP) is 2.15. The van der Waals surface area contributed by atoms with Crippen molar-refractivity contribution in [2.75, 3.05) is 6.50 Å². The Morgan fingerprint density at radius 2 is 2.00 bits per heavy atom. The molecule has 0 radical (unpaired) electrons. The molecule has 0 amide bonds. The van der Waals surface area contributed by atoms with Gasteiger partial charge in [0.1, 0.15) is 8.85 Å². The Kier molecular flexibility index (Phi) is 2.21. The van der Waals surface area contributed by atoms with Crippen LogP contribution in [0.2, 0.25) is 0 Å². The average Bonchev–Trinajstić information content (AvgIpc) is 2.37. The molecule has 0 aliphatic rings. The lowest BCUT2D eigenvalue weighted by Gasteiger charge is -2.07. The molecule has 4 heteroatoms. The van der Waals surface area contributed by atoms with Crippen molar-refractivity contribution in [2.24, 2.45) is 0 Å². The van der Waals surface area contributed by atoms with Crippen LogP contribution in [0, 0.1) is 10.1 Å². The van der Waals surface area contributed by atoms with Crippen molar-refractivity contribution in [3.8, 4) is 0 Å². The van der Waals surface area contributed by atoms with Gasteiger partial charge in [-0.2, -0.15) is 0 Å². The van der Waals surface area contributed by atoms with Crippen LogP contribution in [0.3, 0.4) is 0 Å². The van der Waals surface area contributed by atoms with Crippen LogP contribution in [0.25, 0.3) is 10.8 Å². The van der Waals surface area contributed by atoms with Gasteiger partial charge in [0.05, 0.1) is 0 Å². The molecule has 1 unspecified atom stereocenters. The Bertz CT molecular complexity index is 601. The molecule has 1 N–H and O–H groups in total. The molecule has 0 aromatic heterocycles. The first-order valence-corrected chi connectivity index (χ1v) is 4.74. The van der Waals surface area contributed by atoms with Crippen molar-refractivity contribution in [1.82, 2.24) is 0 Å². The SMILES string of the molecule is [2H]C([2H])(C(O)c1ccc2ccccc2c1)[N+](=O)[O-]. The van der Waals surface area contributed by atoms with Crippen LogP contribution < -0.4 is 0 Å². The van der Waals surface area contributed by atoms with Crippen molar-refractivity contribution in [3.05, 3.63) is 58.1 Å². The summed E-state index contributed by atoms with van der Waals surface area (Å²) in [5.41, 5.74) is 0.190. The van der Waals surface area contributed by atoms with Crippen LogP contribution in [0.4, 0.5) is 0 Å². The number of fused-ring (bicyclic) bond motifs is 1. The predicted molar refractivity (Wildman–Crippen MR) is 60.8 cm³/mol. The van der Waals surface area contributed by atoms with Crippen LogP contribution in [0.1, 0.15) is 14.4 Å². The van der Waals surface area contributed by atoms with Crippen molar-refractivity contribution in [2.45, 2.75) is 6.10 Å². The maximum Gasteiger partial charge on any atom is 0.233 e.